The largest absolute Gasteiger partial charge is 0.497 e. The molecular formula is C21H30O8. The first-order chi connectivity index (χ1) is 13.8. The van der Waals surface area contributed by atoms with Crippen molar-refractivity contribution in [2.75, 3.05) is 13.7 Å². The van der Waals surface area contributed by atoms with E-state index in [1.165, 1.54) is 6.92 Å². The number of carbonyl (C=O) groups is 1. The van der Waals surface area contributed by atoms with Crippen molar-refractivity contribution in [3.8, 4) is 5.75 Å². The van der Waals surface area contributed by atoms with Gasteiger partial charge in [0.2, 0.25) is 0 Å². The van der Waals surface area contributed by atoms with E-state index in [-0.39, 0.29) is 6.61 Å². The van der Waals surface area contributed by atoms with Gasteiger partial charge in [0.1, 0.15) is 30.2 Å². The molecule has 2 saturated heterocycles. The van der Waals surface area contributed by atoms with Crippen LogP contribution in [0.1, 0.15) is 39.2 Å². The van der Waals surface area contributed by atoms with Crippen molar-refractivity contribution < 1.29 is 38.3 Å². The van der Waals surface area contributed by atoms with E-state index in [1.54, 1.807) is 7.11 Å². The Kier molecular flexibility index (Phi) is 7.13. The molecule has 0 amide bonds. The van der Waals surface area contributed by atoms with Crippen molar-refractivity contribution in [2.24, 2.45) is 0 Å². The first-order valence-corrected chi connectivity index (χ1v) is 9.86. The molecule has 5 atom stereocenters. The number of aliphatic hydroxyl groups is 1. The van der Waals surface area contributed by atoms with E-state index >= 15 is 0 Å². The zero-order chi connectivity index (χ0) is 21.0. The average Bonchev–Trinajstić information content (AvgIpc) is 3.16. The smallest absolute Gasteiger partial charge is 0.302 e. The normalized spacial score (nSPS) is 28.7. The van der Waals surface area contributed by atoms with Crippen LogP contribution in [0.15, 0.2) is 24.3 Å². The Morgan fingerprint density at radius 2 is 1.90 bits per heavy atom. The number of benzene rings is 1. The molecule has 2 heterocycles. The molecule has 3 rings (SSSR count). The molecule has 0 aromatic heterocycles. The van der Waals surface area contributed by atoms with E-state index in [2.05, 4.69) is 0 Å². The quantitative estimate of drug-likeness (QED) is 0.619. The number of carbonyl (C=O) groups excluding carboxylic acids is 1. The van der Waals surface area contributed by atoms with E-state index in [4.69, 9.17) is 28.4 Å². The third-order valence-electron chi connectivity index (χ3n) is 4.95. The molecule has 0 saturated carbocycles. The molecule has 8 heteroatoms. The lowest BCUT2D eigenvalue weighted by Crippen LogP contribution is -2.41. The minimum atomic E-state index is -0.795. The van der Waals surface area contributed by atoms with Crippen LogP contribution in [0.2, 0.25) is 0 Å². The zero-order valence-corrected chi connectivity index (χ0v) is 17.3. The van der Waals surface area contributed by atoms with Crippen LogP contribution < -0.4 is 4.74 Å². The van der Waals surface area contributed by atoms with Gasteiger partial charge < -0.3 is 33.5 Å². The molecule has 1 aromatic carbocycles. The molecule has 8 nitrogen and oxygen atoms in total. The van der Waals surface area contributed by atoms with Gasteiger partial charge in [-0.25, -0.2) is 0 Å². The molecule has 0 aliphatic carbocycles. The van der Waals surface area contributed by atoms with Crippen LogP contribution in [0, 0.1) is 0 Å². The molecule has 0 spiro atoms. The Balaban J connectivity index is 1.71. The lowest BCUT2D eigenvalue weighted by atomic mass is 10.0. The highest BCUT2D eigenvalue weighted by atomic mass is 16.8. The molecule has 162 valence electrons. The third kappa shape index (κ3) is 5.46. The van der Waals surface area contributed by atoms with E-state index in [0.717, 1.165) is 11.3 Å². The number of esters is 1. The molecule has 2 aliphatic rings. The molecule has 1 aromatic rings. The van der Waals surface area contributed by atoms with Gasteiger partial charge in [-0.2, -0.15) is 0 Å². The predicted molar refractivity (Wildman–Crippen MR) is 102 cm³/mol. The van der Waals surface area contributed by atoms with Crippen molar-refractivity contribution in [1.29, 1.82) is 0 Å². The van der Waals surface area contributed by atoms with Crippen LogP contribution in [0.4, 0.5) is 0 Å². The Hall–Kier alpha value is -1.71. The van der Waals surface area contributed by atoms with Gasteiger partial charge in [0, 0.05) is 13.5 Å². The van der Waals surface area contributed by atoms with E-state index in [0.29, 0.717) is 19.4 Å². The third-order valence-corrected chi connectivity index (χ3v) is 4.95. The maximum atomic E-state index is 11.6. The van der Waals surface area contributed by atoms with Crippen molar-refractivity contribution in [1.82, 2.24) is 0 Å². The van der Waals surface area contributed by atoms with Crippen LogP contribution in [0.3, 0.4) is 0 Å². The number of fused-ring (bicyclic) bond motifs is 1. The van der Waals surface area contributed by atoms with Crippen LogP contribution >= 0.6 is 0 Å². The standard InChI is InChI=1S/C21H30O8/c1-13(23)26-16(6-5-11-22)17-18-19(29-21(2,3)28-18)20(27-17)25-12-14-7-9-15(24-4)10-8-14/h7-10,16-20,22H,5-6,11-12H2,1-4H3/t16-,17+,18-,19-,20-/m0/s1. The topological polar surface area (TPSA) is 92.7 Å². The summed E-state index contributed by atoms with van der Waals surface area (Å²) >= 11 is 0. The number of ether oxygens (including phenoxy) is 6. The fourth-order valence-corrected chi connectivity index (χ4v) is 3.72. The van der Waals surface area contributed by atoms with Gasteiger partial charge in [0.25, 0.3) is 0 Å². The van der Waals surface area contributed by atoms with Crippen LogP contribution in [-0.2, 0) is 35.1 Å². The van der Waals surface area contributed by atoms with Gasteiger partial charge in [-0.3, -0.25) is 4.79 Å². The number of methoxy groups -OCH3 is 1. The van der Waals surface area contributed by atoms with Gasteiger partial charge in [0.05, 0.1) is 13.7 Å². The highest BCUT2D eigenvalue weighted by molar-refractivity contribution is 5.66. The SMILES string of the molecule is COc1ccc(CO[C@H]2O[C@H]([C@H](CCCO)OC(C)=O)[C@@H]3OC(C)(C)O[C@H]23)cc1. The maximum Gasteiger partial charge on any atom is 0.302 e. The molecule has 2 fully saturated rings. The summed E-state index contributed by atoms with van der Waals surface area (Å²) in [6.45, 7) is 5.34. The molecule has 0 radical (unpaired) electrons. The fourth-order valence-electron chi connectivity index (χ4n) is 3.72. The second-order valence-corrected chi connectivity index (χ2v) is 7.71. The van der Waals surface area contributed by atoms with Gasteiger partial charge in [0.15, 0.2) is 12.1 Å². The molecule has 2 aliphatic heterocycles. The number of aliphatic hydroxyl groups excluding tert-OH is 1. The monoisotopic (exact) mass is 410 g/mol. The van der Waals surface area contributed by atoms with Crippen LogP contribution in [0.5, 0.6) is 5.75 Å². The van der Waals surface area contributed by atoms with Crippen molar-refractivity contribution >= 4 is 5.97 Å². The summed E-state index contributed by atoms with van der Waals surface area (Å²) in [5.41, 5.74) is 0.962. The van der Waals surface area contributed by atoms with Gasteiger partial charge in [-0.1, -0.05) is 12.1 Å². The van der Waals surface area contributed by atoms with Crippen molar-refractivity contribution in [3.05, 3.63) is 29.8 Å². The second kappa shape index (κ2) is 9.40. The minimum Gasteiger partial charge on any atom is -0.497 e. The highest BCUT2D eigenvalue weighted by Crippen LogP contribution is 2.41. The fraction of sp³-hybridized carbons (Fsp3) is 0.667. The Bertz CT molecular complexity index is 674. The Morgan fingerprint density at radius 3 is 2.52 bits per heavy atom. The lowest BCUT2D eigenvalue weighted by Gasteiger charge is -2.28. The number of hydrogen-bond acceptors (Lipinski definition) is 8. The first-order valence-electron chi connectivity index (χ1n) is 9.86. The molecule has 0 bridgehead atoms. The van der Waals surface area contributed by atoms with Crippen molar-refractivity contribution in [2.45, 2.75) is 76.7 Å². The van der Waals surface area contributed by atoms with Gasteiger partial charge in [-0.05, 0) is 44.4 Å². The molecule has 1 N–H and O–H groups in total. The first kappa shape index (κ1) is 22.0. The summed E-state index contributed by atoms with van der Waals surface area (Å²) < 4.78 is 34.8. The van der Waals surface area contributed by atoms with Crippen molar-refractivity contribution in [3.63, 3.8) is 0 Å². The summed E-state index contributed by atoms with van der Waals surface area (Å²) in [5, 5.41) is 9.19. The molecule has 0 unspecified atom stereocenters. The highest BCUT2D eigenvalue weighted by Gasteiger charge is 2.58. The second-order valence-electron chi connectivity index (χ2n) is 7.71. The lowest BCUT2D eigenvalue weighted by molar-refractivity contribution is -0.247. The van der Waals surface area contributed by atoms with E-state index in [1.807, 2.05) is 38.1 Å². The number of hydrogen-bond donors (Lipinski definition) is 1. The van der Waals surface area contributed by atoms with Gasteiger partial charge in [-0.15, -0.1) is 0 Å². The summed E-state index contributed by atoms with van der Waals surface area (Å²) in [6.07, 6.45) is -1.71. The Morgan fingerprint density at radius 1 is 1.21 bits per heavy atom. The maximum absolute atomic E-state index is 11.6. The minimum absolute atomic E-state index is 0.00116. The predicted octanol–water partition coefficient (Wildman–Crippen LogP) is 2.16. The van der Waals surface area contributed by atoms with Gasteiger partial charge >= 0.3 is 5.97 Å². The van der Waals surface area contributed by atoms with Crippen LogP contribution in [0.25, 0.3) is 0 Å². The van der Waals surface area contributed by atoms with E-state index in [9.17, 15) is 9.90 Å². The Labute approximate surface area is 171 Å². The molecular weight excluding hydrogens is 380 g/mol. The summed E-state index contributed by atoms with van der Waals surface area (Å²) in [5.74, 6) is -0.432. The summed E-state index contributed by atoms with van der Waals surface area (Å²) in [6, 6.07) is 7.57. The summed E-state index contributed by atoms with van der Waals surface area (Å²) in [7, 11) is 1.62. The molecule has 29 heavy (non-hydrogen) atoms. The zero-order valence-electron chi connectivity index (χ0n) is 17.3. The number of rotatable bonds is 9. The average molecular weight is 410 g/mol. The van der Waals surface area contributed by atoms with Crippen LogP contribution in [-0.4, -0.2) is 61.3 Å². The summed E-state index contributed by atoms with van der Waals surface area (Å²) in [4.78, 5) is 11.6. The van der Waals surface area contributed by atoms with E-state index < -0.39 is 42.5 Å².